The summed E-state index contributed by atoms with van der Waals surface area (Å²) in [5, 5.41) is 0.716. The van der Waals surface area contributed by atoms with Crippen LogP contribution in [-0.4, -0.2) is 7.11 Å². The number of hydrogen-bond donors (Lipinski definition) is 0. The average Bonchev–Trinajstić information content (AvgIpc) is 2.41. The van der Waals surface area contributed by atoms with Crippen molar-refractivity contribution < 1.29 is 4.74 Å². The molecule has 94 valence electrons. The molecule has 18 heavy (non-hydrogen) atoms. The minimum absolute atomic E-state index is 0.136. The van der Waals surface area contributed by atoms with Crippen molar-refractivity contribution in [2.75, 3.05) is 7.11 Å². The molecule has 0 spiro atoms. The standard InChI is InChI=1S/C14H11Br2ClO/c1-18-11-5-2-9(3-6-11)14(16)10-4-7-13(17)12(15)8-10/h2-8,14H,1H3. The molecule has 0 radical (unpaired) electrons. The normalized spacial score (nSPS) is 12.2. The molecule has 0 fully saturated rings. The van der Waals surface area contributed by atoms with Crippen molar-refractivity contribution in [3.63, 3.8) is 0 Å². The van der Waals surface area contributed by atoms with Gasteiger partial charge in [-0.05, 0) is 51.3 Å². The fraction of sp³-hybridized carbons (Fsp3) is 0.143. The smallest absolute Gasteiger partial charge is 0.118 e. The third-order valence-corrected chi connectivity index (χ3v) is 4.92. The van der Waals surface area contributed by atoms with Gasteiger partial charge in [0.1, 0.15) is 5.75 Å². The summed E-state index contributed by atoms with van der Waals surface area (Å²) in [6, 6.07) is 13.9. The second-order valence-corrected chi connectivity index (χ2v) is 5.99. The van der Waals surface area contributed by atoms with Crippen LogP contribution in [0.1, 0.15) is 16.0 Å². The van der Waals surface area contributed by atoms with E-state index in [1.54, 1.807) is 7.11 Å². The van der Waals surface area contributed by atoms with E-state index in [1.807, 2.05) is 42.5 Å². The first-order valence-corrected chi connectivity index (χ1v) is 7.43. The molecule has 1 unspecified atom stereocenters. The van der Waals surface area contributed by atoms with Crippen LogP contribution in [-0.2, 0) is 0 Å². The van der Waals surface area contributed by atoms with E-state index < -0.39 is 0 Å². The Morgan fingerprint density at radius 3 is 2.22 bits per heavy atom. The second kappa shape index (κ2) is 6.09. The van der Waals surface area contributed by atoms with E-state index >= 15 is 0 Å². The van der Waals surface area contributed by atoms with Gasteiger partial charge in [-0.1, -0.05) is 45.7 Å². The summed E-state index contributed by atoms with van der Waals surface area (Å²) in [7, 11) is 1.66. The van der Waals surface area contributed by atoms with Crippen LogP contribution in [0.25, 0.3) is 0 Å². The number of methoxy groups -OCH3 is 1. The molecule has 0 aromatic heterocycles. The summed E-state index contributed by atoms with van der Waals surface area (Å²) in [4.78, 5) is 0.136. The zero-order valence-corrected chi connectivity index (χ0v) is 13.6. The molecule has 0 bridgehead atoms. The van der Waals surface area contributed by atoms with Crippen molar-refractivity contribution in [3.8, 4) is 5.75 Å². The molecule has 0 saturated heterocycles. The van der Waals surface area contributed by atoms with Crippen molar-refractivity contribution >= 4 is 43.5 Å². The predicted molar refractivity (Wildman–Crippen MR) is 82.9 cm³/mol. The van der Waals surface area contributed by atoms with Crippen LogP contribution in [0.4, 0.5) is 0 Å². The second-order valence-electron chi connectivity index (χ2n) is 3.81. The number of alkyl halides is 1. The average molecular weight is 391 g/mol. The van der Waals surface area contributed by atoms with Crippen molar-refractivity contribution in [1.29, 1.82) is 0 Å². The lowest BCUT2D eigenvalue weighted by Gasteiger charge is -2.12. The Balaban J connectivity index is 2.28. The van der Waals surface area contributed by atoms with E-state index in [2.05, 4.69) is 31.9 Å². The molecule has 2 rings (SSSR count). The van der Waals surface area contributed by atoms with E-state index in [0.717, 1.165) is 15.8 Å². The van der Waals surface area contributed by atoms with E-state index in [-0.39, 0.29) is 4.83 Å². The highest BCUT2D eigenvalue weighted by Crippen LogP contribution is 2.34. The van der Waals surface area contributed by atoms with Crippen molar-refractivity contribution in [3.05, 3.63) is 63.1 Å². The first-order chi connectivity index (χ1) is 8.61. The fourth-order valence-corrected chi connectivity index (χ4v) is 2.74. The molecule has 2 aromatic rings. The third-order valence-electron chi connectivity index (χ3n) is 2.64. The molecular weight excluding hydrogens is 379 g/mol. The Kier molecular flexibility index (Phi) is 4.71. The monoisotopic (exact) mass is 388 g/mol. The van der Waals surface area contributed by atoms with Gasteiger partial charge >= 0.3 is 0 Å². The van der Waals surface area contributed by atoms with Crippen LogP contribution in [0, 0.1) is 0 Å². The minimum Gasteiger partial charge on any atom is -0.497 e. The number of benzene rings is 2. The molecule has 0 amide bonds. The number of halogens is 3. The summed E-state index contributed by atoms with van der Waals surface area (Å²) in [5.41, 5.74) is 2.32. The van der Waals surface area contributed by atoms with Gasteiger partial charge in [0.05, 0.1) is 17.0 Å². The maximum atomic E-state index is 5.99. The van der Waals surface area contributed by atoms with Crippen LogP contribution >= 0.6 is 43.5 Å². The summed E-state index contributed by atoms with van der Waals surface area (Å²) in [5.74, 6) is 0.857. The summed E-state index contributed by atoms with van der Waals surface area (Å²) >= 11 is 13.1. The molecule has 4 heteroatoms. The number of rotatable bonds is 3. The summed E-state index contributed by atoms with van der Waals surface area (Å²) in [6.07, 6.45) is 0. The van der Waals surface area contributed by atoms with E-state index in [1.165, 1.54) is 5.56 Å². The largest absolute Gasteiger partial charge is 0.497 e. The van der Waals surface area contributed by atoms with E-state index in [4.69, 9.17) is 16.3 Å². The van der Waals surface area contributed by atoms with Crippen LogP contribution < -0.4 is 4.74 Å². The molecule has 0 aliphatic rings. The molecule has 0 aliphatic heterocycles. The molecular formula is C14H11Br2ClO. The first-order valence-electron chi connectivity index (χ1n) is 5.35. The maximum absolute atomic E-state index is 5.99. The van der Waals surface area contributed by atoms with Gasteiger partial charge in [-0.3, -0.25) is 0 Å². The predicted octanol–water partition coefficient (Wildman–Crippen LogP) is 5.60. The molecule has 0 heterocycles. The van der Waals surface area contributed by atoms with Crippen molar-refractivity contribution in [2.45, 2.75) is 4.83 Å². The van der Waals surface area contributed by atoms with Gasteiger partial charge in [0, 0.05) is 4.47 Å². The Hall–Kier alpha value is -0.510. The molecule has 1 nitrogen and oxygen atoms in total. The Labute approximate surface area is 128 Å². The lowest BCUT2D eigenvalue weighted by atomic mass is 10.0. The number of ether oxygens (including phenoxy) is 1. The highest BCUT2D eigenvalue weighted by molar-refractivity contribution is 9.10. The zero-order chi connectivity index (χ0) is 13.1. The van der Waals surface area contributed by atoms with Crippen LogP contribution in [0.2, 0.25) is 5.02 Å². The first kappa shape index (κ1) is 13.9. The van der Waals surface area contributed by atoms with Crippen LogP contribution in [0.3, 0.4) is 0 Å². The maximum Gasteiger partial charge on any atom is 0.118 e. The molecule has 0 saturated carbocycles. The zero-order valence-electron chi connectivity index (χ0n) is 9.66. The highest BCUT2D eigenvalue weighted by atomic mass is 79.9. The summed E-state index contributed by atoms with van der Waals surface area (Å²) < 4.78 is 6.05. The lowest BCUT2D eigenvalue weighted by Crippen LogP contribution is -1.93. The topological polar surface area (TPSA) is 9.23 Å². The van der Waals surface area contributed by atoms with Crippen molar-refractivity contribution in [1.82, 2.24) is 0 Å². The van der Waals surface area contributed by atoms with E-state index in [9.17, 15) is 0 Å². The Morgan fingerprint density at radius 1 is 1.06 bits per heavy atom. The van der Waals surface area contributed by atoms with Gasteiger partial charge in [-0.25, -0.2) is 0 Å². The van der Waals surface area contributed by atoms with Gasteiger partial charge in [0.15, 0.2) is 0 Å². The Bertz CT molecular complexity index is 540. The molecule has 0 N–H and O–H groups in total. The van der Waals surface area contributed by atoms with Gasteiger partial charge in [0.25, 0.3) is 0 Å². The van der Waals surface area contributed by atoms with Gasteiger partial charge < -0.3 is 4.74 Å². The van der Waals surface area contributed by atoms with Gasteiger partial charge in [-0.2, -0.15) is 0 Å². The SMILES string of the molecule is COc1ccc(C(Br)c2ccc(Cl)c(Br)c2)cc1. The highest BCUT2D eigenvalue weighted by Gasteiger charge is 2.11. The van der Waals surface area contributed by atoms with Crippen molar-refractivity contribution in [2.24, 2.45) is 0 Å². The van der Waals surface area contributed by atoms with Crippen LogP contribution in [0.5, 0.6) is 5.75 Å². The van der Waals surface area contributed by atoms with Gasteiger partial charge in [-0.15, -0.1) is 0 Å². The number of hydrogen-bond acceptors (Lipinski definition) is 1. The summed E-state index contributed by atoms with van der Waals surface area (Å²) in [6.45, 7) is 0. The minimum atomic E-state index is 0.136. The van der Waals surface area contributed by atoms with Gasteiger partial charge in [0.2, 0.25) is 0 Å². The van der Waals surface area contributed by atoms with Crippen LogP contribution in [0.15, 0.2) is 46.9 Å². The molecule has 2 aromatic carbocycles. The fourth-order valence-electron chi connectivity index (χ4n) is 1.64. The Morgan fingerprint density at radius 2 is 1.67 bits per heavy atom. The molecule has 1 atom stereocenters. The molecule has 0 aliphatic carbocycles. The third kappa shape index (κ3) is 3.08. The lowest BCUT2D eigenvalue weighted by molar-refractivity contribution is 0.414. The quantitative estimate of drug-likeness (QED) is 0.620. The van der Waals surface area contributed by atoms with E-state index in [0.29, 0.717) is 5.02 Å².